The second-order valence-corrected chi connectivity index (χ2v) is 4.61. The summed E-state index contributed by atoms with van der Waals surface area (Å²) in [4.78, 5) is 33.5. The molecule has 0 saturated carbocycles. The zero-order chi connectivity index (χ0) is 14.8. The van der Waals surface area contributed by atoms with E-state index in [0.717, 1.165) is 6.42 Å². The van der Waals surface area contributed by atoms with Crippen molar-refractivity contribution in [2.45, 2.75) is 39.7 Å². The van der Waals surface area contributed by atoms with Gasteiger partial charge in [-0.15, -0.1) is 0 Å². The van der Waals surface area contributed by atoms with Gasteiger partial charge in [0.1, 0.15) is 0 Å². The fourth-order valence-electron chi connectivity index (χ4n) is 1.47. The molecule has 110 valence electrons. The van der Waals surface area contributed by atoms with Crippen molar-refractivity contribution in [2.24, 2.45) is 5.92 Å². The first-order chi connectivity index (χ1) is 8.86. The van der Waals surface area contributed by atoms with E-state index in [0.29, 0.717) is 6.42 Å². The Hall–Kier alpha value is -1.79. The lowest BCUT2D eigenvalue weighted by atomic mass is 10.0. The molecule has 1 atom stereocenters. The van der Waals surface area contributed by atoms with Crippen molar-refractivity contribution in [2.75, 3.05) is 13.1 Å². The monoisotopic (exact) mass is 273 g/mol. The number of rotatable bonds is 8. The van der Waals surface area contributed by atoms with Crippen LogP contribution in [0.5, 0.6) is 0 Å². The van der Waals surface area contributed by atoms with Crippen LogP contribution in [0.4, 0.5) is 4.79 Å². The fraction of sp³-hybridized carbons (Fsp3) is 0.750. The molecule has 0 rings (SSSR count). The maximum atomic E-state index is 11.4. The van der Waals surface area contributed by atoms with Gasteiger partial charge in [-0.3, -0.25) is 9.59 Å². The first kappa shape index (κ1) is 17.2. The third-order valence-electron chi connectivity index (χ3n) is 2.35. The Balaban J connectivity index is 3.91. The van der Waals surface area contributed by atoms with Crippen LogP contribution in [0.15, 0.2) is 0 Å². The Kier molecular flexibility index (Phi) is 8.32. The van der Waals surface area contributed by atoms with Crippen LogP contribution < -0.4 is 16.0 Å². The summed E-state index contributed by atoms with van der Waals surface area (Å²) in [6.45, 7) is 5.45. The van der Waals surface area contributed by atoms with Crippen LogP contribution in [0.25, 0.3) is 0 Å². The van der Waals surface area contributed by atoms with Gasteiger partial charge < -0.3 is 21.1 Å². The molecule has 7 heteroatoms. The van der Waals surface area contributed by atoms with Gasteiger partial charge in [0.25, 0.3) is 0 Å². The molecule has 4 N–H and O–H groups in total. The first-order valence-electron chi connectivity index (χ1n) is 6.40. The summed E-state index contributed by atoms with van der Waals surface area (Å²) in [5.41, 5.74) is 0. The lowest BCUT2D eigenvalue weighted by molar-refractivity contribution is -0.141. The largest absolute Gasteiger partial charge is 0.481 e. The molecular formula is C12H23N3O4. The van der Waals surface area contributed by atoms with Gasteiger partial charge in [-0.1, -0.05) is 13.3 Å². The quantitative estimate of drug-likeness (QED) is 0.510. The van der Waals surface area contributed by atoms with E-state index in [9.17, 15) is 14.4 Å². The Morgan fingerprint density at radius 3 is 2.26 bits per heavy atom. The van der Waals surface area contributed by atoms with Crippen molar-refractivity contribution < 1.29 is 19.5 Å². The SMILES string of the molecule is CCCC(CNC(=O)NCC(=O)NC(C)C)C(=O)O. The third-order valence-corrected chi connectivity index (χ3v) is 2.35. The molecule has 0 spiro atoms. The molecule has 3 amide bonds. The van der Waals surface area contributed by atoms with Crippen molar-refractivity contribution in [3.8, 4) is 0 Å². The first-order valence-corrected chi connectivity index (χ1v) is 6.40. The van der Waals surface area contributed by atoms with E-state index in [1.54, 1.807) is 0 Å². The molecule has 0 aliphatic heterocycles. The van der Waals surface area contributed by atoms with Crippen LogP contribution in [0.1, 0.15) is 33.6 Å². The van der Waals surface area contributed by atoms with Gasteiger partial charge >= 0.3 is 12.0 Å². The minimum Gasteiger partial charge on any atom is -0.481 e. The minimum absolute atomic E-state index is 0.0123. The standard InChI is InChI=1S/C12H23N3O4/c1-4-5-9(11(17)18)6-13-12(19)14-7-10(16)15-8(2)3/h8-9H,4-7H2,1-3H3,(H,15,16)(H,17,18)(H2,13,14,19). The molecule has 0 fully saturated rings. The highest BCUT2D eigenvalue weighted by molar-refractivity contribution is 5.84. The average Bonchev–Trinajstić information content (AvgIpc) is 2.30. The van der Waals surface area contributed by atoms with Crippen LogP contribution in [0, 0.1) is 5.92 Å². The molecule has 0 bridgehead atoms. The Labute approximate surface area is 113 Å². The third kappa shape index (κ3) is 8.87. The highest BCUT2D eigenvalue weighted by Crippen LogP contribution is 2.04. The second kappa shape index (κ2) is 9.18. The molecule has 0 aliphatic carbocycles. The topological polar surface area (TPSA) is 108 Å². The van der Waals surface area contributed by atoms with E-state index in [4.69, 9.17) is 5.11 Å². The predicted octanol–water partition coefficient (Wildman–Crippen LogP) is 0.311. The van der Waals surface area contributed by atoms with Gasteiger partial charge in [0.05, 0.1) is 12.5 Å². The number of carbonyl (C=O) groups is 3. The van der Waals surface area contributed by atoms with E-state index in [1.807, 2.05) is 20.8 Å². The van der Waals surface area contributed by atoms with Gasteiger partial charge in [-0.05, 0) is 20.3 Å². The number of nitrogens with one attached hydrogen (secondary N) is 3. The number of hydrogen-bond acceptors (Lipinski definition) is 3. The van der Waals surface area contributed by atoms with Gasteiger partial charge in [0.15, 0.2) is 0 Å². The maximum Gasteiger partial charge on any atom is 0.315 e. The molecular weight excluding hydrogens is 250 g/mol. The number of hydrogen-bond donors (Lipinski definition) is 4. The smallest absolute Gasteiger partial charge is 0.315 e. The Morgan fingerprint density at radius 2 is 1.79 bits per heavy atom. The predicted molar refractivity (Wildman–Crippen MR) is 70.7 cm³/mol. The van der Waals surface area contributed by atoms with Crippen molar-refractivity contribution in [1.29, 1.82) is 0 Å². The van der Waals surface area contributed by atoms with Crippen molar-refractivity contribution in [1.82, 2.24) is 16.0 Å². The van der Waals surface area contributed by atoms with E-state index < -0.39 is 17.9 Å². The zero-order valence-corrected chi connectivity index (χ0v) is 11.7. The van der Waals surface area contributed by atoms with Crippen LogP contribution in [0.3, 0.4) is 0 Å². The summed E-state index contributed by atoms with van der Waals surface area (Å²) in [5.74, 6) is -1.81. The molecule has 7 nitrogen and oxygen atoms in total. The minimum atomic E-state index is -0.931. The molecule has 0 radical (unpaired) electrons. The molecule has 0 aromatic heterocycles. The highest BCUT2D eigenvalue weighted by atomic mass is 16.4. The Morgan fingerprint density at radius 1 is 1.16 bits per heavy atom. The van der Waals surface area contributed by atoms with Crippen molar-refractivity contribution in [3.63, 3.8) is 0 Å². The highest BCUT2D eigenvalue weighted by Gasteiger charge is 2.17. The van der Waals surface area contributed by atoms with Gasteiger partial charge in [-0.2, -0.15) is 0 Å². The lowest BCUT2D eigenvalue weighted by Crippen LogP contribution is -2.45. The number of urea groups is 1. The van der Waals surface area contributed by atoms with Crippen LogP contribution in [-0.4, -0.2) is 42.1 Å². The molecule has 0 saturated heterocycles. The second-order valence-electron chi connectivity index (χ2n) is 4.61. The summed E-state index contributed by atoms with van der Waals surface area (Å²) < 4.78 is 0. The summed E-state index contributed by atoms with van der Waals surface area (Å²) in [6.07, 6.45) is 1.24. The average molecular weight is 273 g/mol. The van der Waals surface area contributed by atoms with Crippen LogP contribution in [0.2, 0.25) is 0 Å². The summed E-state index contributed by atoms with van der Waals surface area (Å²) in [6, 6.07) is -0.528. The molecule has 19 heavy (non-hydrogen) atoms. The number of amides is 3. The normalized spacial score (nSPS) is 11.8. The van der Waals surface area contributed by atoms with Gasteiger partial charge in [0.2, 0.25) is 5.91 Å². The molecule has 1 unspecified atom stereocenters. The lowest BCUT2D eigenvalue weighted by Gasteiger charge is -2.13. The fourth-order valence-corrected chi connectivity index (χ4v) is 1.47. The summed E-state index contributed by atoms with van der Waals surface area (Å²) in [7, 11) is 0. The molecule has 0 aromatic carbocycles. The number of aliphatic carboxylic acids is 1. The molecule has 0 heterocycles. The number of carbonyl (C=O) groups excluding carboxylic acids is 2. The summed E-state index contributed by atoms with van der Waals surface area (Å²) >= 11 is 0. The van der Waals surface area contributed by atoms with E-state index >= 15 is 0 Å². The summed E-state index contributed by atoms with van der Waals surface area (Å²) in [5, 5.41) is 16.3. The molecule has 0 aromatic rings. The maximum absolute atomic E-state index is 11.4. The van der Waals surface area contributed by atoms with E-state index in [2.05, 4.69) is 16.0 Å². The zero-order valence-electron chi connectivity index (χ0n) is 11.7. The van der Waals surface area contributed by atoms with Crippen LogP contribution >= 0.6 is 0 Å². The van der Waals surface area contributed by atoms with E-state index in [1.165, 1.54) is 0 Å². The van der Waals surface area contributed by atoms with Crippen molar-refractivity contribution in [3.05, 3.63) is 0 Å². The number of carboxylic acid groups (broad SMARTS) is 1. The van der Waals surface area contributed by atoms with E-state index in [-0.39, 0.29) is 25.0 Å². The Bertz CT molecular complexity index is 318. The van der Waals surface area contributed by atoms with Gasteiger partial charge in [-0.25, -0.2) is 4.79 Å². The molecule has 0 aliphatic rings. The van der Waals surface area contributed by atoms with Gasteiger partial charge in [0, 0.05) is 12.6 Å². The van der Waals surface area contributed by atoms with Crippen LogP contribution in [-0.2, 0) is 9.59 Å². The number of carboxylic acids is 1. The van der Waals surface area contributed by atoms with Crippen molar-refractivity contribution >= 4 is 17.9 Å².